The Morgan fingerprint density at radius 2 is 1.95 bits per heavy atom. The molecule has 0 aliphatic carbocycles. The minimum Gasteiger partial charge on any atom is -0.305 e. The van der Waals surface area contributed by atoms with Crippen LogP contribution in [0.3, 0.4) is 0 Å². The van der Waals surface area contributed by atoms with Gasteiger partial charge in [0.05, 0.1) is 17.5 Å². The van der Waals surface area contributed by atoms with Crippen LogP contribution < -0.4 is 5.32 Å². The van der Waals surface area contributed by atoms with Crippen LogP contribution in [0, 0.1) is 5.82 Å². The number of nitrogens with one attached hydrogen (secondary N) is 1. The van der Waals surface area contributed by atoms with Gasteiger partial charge in [0.2, 0.25) is 0 Å². The molecule has 6 heteroatoms. The van der Waals surface area contributed by atoms with Crippen LogP contribution in [0.1, 0.15) is 29.8 Å². The van der Waals surface area contributed by atoms with Crippen molar-refractivity contribution in [2.24, 2.45) is 0 Å². The quantitative estimate of drug-likeness (QED) is 0.860. The molecule has 0 fully saturated rings. The maximum atomic E-state index is 12.8. The van der Waals surface area contributed by atoms with Crippen molar-refractivity contribution < 1.29 is 17.6 Å². The molecule has 0 saturated heterocycles. The lowest BCUT2D eigenvalue weighted by atomic mass is 10.1. The zero-order valence-electron chi connectivity index (χ0n) is 11.3. The Labute approximate surface area is 119 Å². The molecule has 1 unspecified atom stereocenters. The fourth-order valence-corrected chi connectivity index (χ4v) is 1.88. The summed E-state index contributed by atoms with van der Waals surface area (Å²) in [5, 5.41) is 3.06. The molecule has 1 atom stereocenters. The number of halogens is 4. The Balaban J connectivity index is 2.01. The summed E-state index contributed by atoms with van der Waals surface area (Å²) in [6, 6.07) is 7.78. The highest BCUT2D eigenvalue weighted by Crippen LogP contribution is 2.29. The first kappa shape index (κ1) is 15.4. The molecule has 21 heavy (non-hydrogen) atoms. The van der Waals surface area contributed by atoms with Gasteiger partial charge in [0.25, 0.3) is 0 Å². The van der Waals surface area contributed by atoms with Crippen molar-refractivity contribution in [3.05, 3.63) is 65.2 Å². The number of hydrogen-bond acceptors (Lipinski definition) is 2. The summed E-state index contributed by atoms with van der Waals surface area (Å²) < 4.78 is 50.6. The maximum absolute atomic E-state index is 12.8. The van der Waals surface area contributed by atoms with E-state index >= 15 is 0 Å². The fraction of sp³-hybridized carbons (Fsp3) is 0.267. The zero-order valence-corrected chi connectivity index (χ0v) is 11.3. The molecule has 0 aliphatic rings. The van der Waals surface area contributed by atoms with Gasteiger partial charge >= 0.3 is 6.18 Å². The van der Waals surface area contributed by atoms with Crippen LogP contribution in [0.25, 0.3) is 0 Å². The second kappa shape index (κ2) is 6.22. The van der Waals surface area contributed by atoms with Crippen LogP contribution in [-0.2, 0) is 12.7 Å². The number of hydrogen-bond donors (Lipinski definition) is 1. The van der Waals surface area contributed by atoms with E-state index in [9.17, 15) is 17.6 Å². The molecule has 2 nitrogen and oxygen atoms in total. The van der Waals surface area contributed by atoms with Crippen LogP contribution in [0.2, 0.25) is 0 Å². The molecule has 0 aliphatic heterocycles. The molecule has 1 N–H and O–H groups in total. The van der Waals surface area contributed by atoms with Gasteiger partial charge in [-0.1, -0.05) is 18.2 Å². The van der Waals surface area contributed by atoms with E-state index in [1.807, 2.05) is 6.92 Å². The second-order valence-electron chi connectivity index (χ2n) is 4.70. The summed E-state index contributed by atoms with van der Waals surface area (Å²) in [5.74, 6) is -0.427. The number of aromatic nitrogens is 1. The Hall–Kier alpha value is -1.95. The number of alkyl halides is 3. The van der Waals surface area contributed by atoms with Crippen LogP contribution in [-0.4, -0.2) is 4.98 Å². The smallest absolute Gasteiger partial charge is 0.305 e. The largest absolute Gasteiger partial charge is 0.416 e. The van der Waals surface area contributed by atoms with Gasteiger partial charge in [-0.2, -0.15) is 13.2 Å². The average Bonchev–Trinajstić information content (AvgIpc) is 2.45. The van der Waals surface area contributed by atoms with E-state index in [2.05, 4.69) is 10.3 Å². The zero-order chi connectivity index (χ0) is 15.5. The summed E-state index contributed by atoms with van der Waals surface area (Å²) in [6.45, 7) is 2.08. The van der Waals surface area contributed by atoms with Crippen molar-refractivity contribution in [1.82, 2.24) is 10.3 Å². The molecular weight excluding hydrogens is 284 g/mol. The lowest BCUT2D eigenvalue weighted by molar-refractivity contribution is -0.137. The van der Waals surface area contributed by atoms with Crippen molar-refractivity contribution in [2.75, 3.05) is 0 Å². The molecule has 1 heterocycles. The molecule has 2 rings (SSSR count). The van der Waals surface area contributed by atoms with E-state index in [0.717, 1.165) is 18.3 Å². The Morgan fingerprint density at radius 3 is 2.57 bits per heavy atom. The number of nitrogens with zero attached hydrogens (tertiary/aromatic N) is 1. The Kier molecular flexibility index (Phi) is 4.57. The first-order valence-corrected chi connectivity index (χ1v) is 6.37. The Morgan fingerprint density at radius 1 is 1.19 bits per heavy atom. The van der Waals surface area contributed by atoms with E-state index in [1.54, 1.807) is 12.1 Å². The standard InChI is InChI=1S/C15H14F4N2/c1-10(14-6-5-13(16)9-21-14)20-8-11-3-2-4-12(7-11)15(17,18)19/h2-7,9-10,20H,8H2,1H3. The van der Waals surface area contributed by atoms with Crippen LogP contribution in [0.15, 0.2) is 42.6 Å². The fourth-order valence-electron chi connectivity index (χ4n) is 1.88. The lowest BCUT2D eigenvalue weighted by Gasteiger charge is -2.14. The summed E-state index contributed by atoms with van der Waals surface area (Å²) in [7, 11) is 0. The van der Waals surface area contributed by atoms with Crippen molar-refractivity contribution in [1.29, 1.82) is 0 Å². The van der Waals surface area contributed by atoms with E-state index in [0.29, 0.717) is 11.3 Å². The molecule has 0 bridgehead atoms. The molecule has 0 spiro atoms. The third kappa shape index (κ3) is 4.26. The number of pyridine rings is 1. The molecule has 0 radical (unpaired) electrons. The van der Waals surface area contributed by atoms with Crippen LogP contribution in [0.4, 0.5) is 17.6 Å². The summed E-state index contributed by atoms with van der Waals surface area (Å²) in [5.41, 5.74) is 0.483. The van der Waals surface area contributed by atoms with Crippen LogP contribution >= 0.6 is 0 Å². The van der Waals surface area contributed by atoms with E-state index < -0.39 is 17.6 Å². The first-order chi connectivity index (χ1) is 9.86. The van der Waals surface area contributed by atoms with Crippen LogP contribution in [0.5, 0.6) is 0 Å². The van der Waals surface area contributed by atoms with Gasteiger partial charge in [-0.15, -0.1) is 0 Å². The van der Waals surface area contributed by atoms with Gasteiger partial charge in [0.15, 0.2) is 0 Å². The van der Waals surface area contributed by atoms with Gasteiger partial charge in [0.1, 0.15) is 5.82 Å². The summed E-state index contributed by atoms with van der Waals surface area (Å²) >= 11 is 0. The highest BCUT2D eigenvalue weighted by Gasteiger charge is 2.30. The molecule has 1 aromatic carbocycles. The van der Waals surface area contributed by atoms with Gasteiger partial charge in [-0.3, -0.25) is 4.98 Å². The molecule has 2 aromatic rings. The summed E-state index contributed by atoms with van der Waals surface area (Å²) in [6.07, 6.45) is -3.24. The second-order valence-corrected chi connectivity index (χ2v) is 4.70. The third-order valence-electron chi connectivity index (χ3n) is 3.06. The topological polar surface area (TPSA) is 24.9 Å². The minimum atomic E-state index is -4.35. The predicted molar refractivity (Wildman–Crippen MR) is 70.9 cm³/mol. The van der Waals surface area contributed by atoms with E-state index in [4.69, 9.17) is 0 Å². The average molecular weight is 298 g/mol. The molecule has 0 saturated carbocycles. The highest BCUT2D eigenvalue weighted by atomic mass is 19.4. The maximum Gasteiger partial charge on any atom is 0.416 e. The van der Waals surface area contributed by atoms with E-state index in [-0.39, 0.29) is 12.6 Å². The van der Waals surface area contributed by atoms with Gasteiger partial charge in [-0.05, 0) is 30.7 Å². The van der Waals surface area contributed by atoms with Gasteiger partial charge in [-0.25, -0.2) is 4.39 Å². The van der Waals surface area contributed by atoms with Crippen molar-refractivity contribution in [2.45, 2.75) is 25.7 Å². The molecule has 1 aromatic heterocycles. The lowest BCUT2D eigenvalue weighted by Crippen LogP contribution is -2.19. The molecule has 112 valence electrons. The molecular formula is C15H14F4N2. The summed E-state index contributed by atoms with van der Waals surface area (Å²) in [4.78, 5) is 3.93. The van der Waals surface area contributed by atoms with Gasteiger partial charge in [0, 0.05) is 12.6 Å². The normalized spacial score (nSPS) is 13.2. The minimum absolute atomic E-state index is 0.194. The van der Waals surface area contributed by atoms with Crippen molar-refractivity contribution in [3.8, 4) is 0 Å². The molecule has 0 amide bonds. The van der Waals surface area contributed by atoms with E-state index in [1.165, 1.54) is 12.1 Å². The SMILES string of the molecule is CC(NCc1cccc(C(F)(F)F)c1)c1ccc(F)cn1. The van der Waals surface area contributed by atoms with Crippen molar-refractivity contribution >= 4 is 0 Å². The monoisotopic (exact) mass is 298 g/mol. The Bertz CT molecular complexity index is 593. The highest BCUT2D eigenvalue weighted by molar-refractivity contribution is 5.25. The number of benzene rings is 1. The predicted octanol–water partition coefficient (Wildman–Crippen LogP) is 4.09. The van der Waals surface area contributed by atoms with Gasteiger partial charge < -0.3 is 5.32 Å². The third-order valence-corrected chi connectivity index (χ3v) is 3.06. The number of rotatable bonds is 4. The first-order valence-electron chi connectivity index (χ1n) is 6.37. The van der Waals surface area contributed by atoms with Crippen molar-refractivity contribution in [3.63, 3.8) is 0 Å².